The van der Waals surface area contributed by atoms with Gasteiger partial charge in [0.2, 0.25) is 0 Å². The number of benzene rings is 2. The number of nitrogens with one attached hydrogen (secondary N) is 1. The van der Waals surface area contributed by atoms with Crippen LogP contribution in [0.2, 0.25) is 0 Å². The zero-order chi connectivity index (χ0) is 11.5. The molecule has 0 saturated carbocycles. The maximum atomic E-state index is 8.22. The van der Waals surface area contributed by atoms with Gasteiger partial charge >= 0.3 is 0 Å². The normalized spacial score (nSPS) is 10.1. The van der Waals surface area contributed by atoms with Crippen molar-refractivity contribution in [3.63, 3.8) is 0 Å². The lowest BCUT2D eigenvalue weighted by Crippen LogP contribution is -2.05. The highest BCUT2D eigenvalue weighted by molar-refractivity contribution is 7.58. The molecule has 0 bridgehead atoms. The van der Waals surface area contributed by atoms with E-state index >= 15 is 0 Å². The van der Waals surface area contributed by atoms with Crippen molar-refractivity contribution in [3.05, 3.63) is 65.2 Å². The molecule has 0 aliphatic heterocycles. The second kappa shape index (κ2) is 4.54. The van der Waals surface area contributed by atoms with Crippen molar-refractivity contribution < 1.29 is 0 Å². The van der Waals surface area contributed by atoms with E-state index in [-0.39, 0.29) is 0 Å². The van der Waals surface area contributed by atoms with Crippen molar-refractivity contribution in [1.82, 2.24) is 0 Å². The third kappa shape index (κ3) is 2.02. The van der Waals surface area contributed by atoms with Crippen molar-refractivity contribution in [2.45, 2.75) is 11.8 Å². The van der Waals surface area contributed by atoms with Crippen LogP contribution in [0.15, 0.2) is 53.4 Å². The summed E-state index contributed by atoms with van der Waals surface area (Å²) in [5.74, 6) is 0. The Kier molecular flexibility index (Phi) is 3.11. The van der Waals surface area contributed by atoms with Crippen molar-refractivity contribution in [2.24, 2.45) is 0 Å². The summed E-state index contributed by atoms with van der Waals surface area (Å²) in [6.07, 6.45) is 0. The van der Waals surface area contributed by atoms with E-state index in [1.54, 1.807) is 0 Å². The summed E-state index contributed by atoms with van der Waals surface area (Å²) in [5, 5.41) is 8.22. The number of rotatable bonds is 2. The zero-order valence-corrected chi connectivity index (χ0v) is 10.1. The molecule has 0 heterocycles. The van der Waals surface area contributed by atoms with Gasteiger partial charge in [-0.05, 0) is 37.2 Å². The maximum absolute atomic E-state index is 8.22. The Hall–Kier alpha value is -1.54. The molecule has 1 nitrogen and oxygen atoms in total. The highest BCUT2D eigenvalue weighted by Crippen LogP contribution is 2.16. The van der Waals surface area contributed by atoms with Crippen LogP contribution in [0.4, 0.5) is 0 Å². The molecule has 2 rings (SSSR count). The van der Waals surface area contributed by atoms with Crippen LogP contribution in [0, 0.1) is 12.3 Å². The van der Waals surface area contributed by atoms with Gasteiger partial charge in [0.15, 0.2) is 4.90 Å². The molecule has 0 aliphatic rings. The first-order valence-electron chi connectivity index (χ1n) is 5.15. The van der Waals surface area contributed by atoms with E-state index in [9.17, 15) is 0 Å². The summed E-state index contributed by atoms with van der Waals surface area (Å²) < 4.78 is 0. The van der Waals surface area contributed by atoms with Crippen LogP contribution in [0.3, 0.4) is 0 Å². The fourth-order valence-electron chi connectivity index (χ4n) is 1.70. The average molecular weight is 228 g/mol. The van der Waals surface area contributed by atoms with Gasteiger partial charge in [-0.15, -0.1) is 0 Å². The van der Waals surface area contributed by atoms with E-state index in [0.717, 1.165) is 21.6 Å². The minimum absolute atomic E-state index is 0.559. The van der Waals surface area contributed by atoms with Crippen LogP contribution in [-0.2, 0) is 12.6 Å². The second-order valence-corrected chi connectivity index (χ2v) is 4.27. The molecule has 2 heteroatoms. The molecule has 2 aromatic carbocycles. The van der Waals surface area contributed by atoms with Crippen molar-refractivity contribution in [2.75, 3.05) is 0 Å². The van der Waals surface area contributed by atoms with E-state index in [4.69, 9.17) is 5.41 Å². The van der Waals surface area contributed by atoms with Gasteiger partial charge in [0.05, 0.1) is 11.3 Å². The quantitative estimate of drug-likeness (QED) is 0.604. The number of hydrogen-bond acceptors (Lipinski definition) is 1. The molecule has 0 spiro atoms. The molecule has 0 unspecified atom stereocenters. The monoisotopic (exact) mass is 228 g/mol. The number of aryl methyl sites for hydroxylation is 1. The molecule has 0 fully saturated rings. The van der Waals surface area contributed by atoms with E-state index in [0.29, 0.717) is 5.71 Å². The lowest BCUT2D eigenvalue weighted by atomic mass is 9.98. The Bertz CT molecular complexity index is 484. The Morgan fingerprint density at radius 3 is 2.12 bits per heavy atom. The fraction of sp³-hybridized carbons (Fsp3) is 0.0714. The molecular weight excluding hydrogens is 214 g/mol. The lowest BCUT2D eigenvalue weighted by Gasteiger charge is -2.07. The average Bonchev–Trinajstić information content (AvgIpc) is 2.29. The second-order valence-electron chi connectivity index (χ2n) is 3.74. The van der Waals surface area contributed by atoms with Gasteiger partial charge in [-0.2, -0.15) is 0 Å². The van der Waals surface area contributed by atoms with Gasteiger partial charge in [-0.1, -0.05) is 36.4 Å². The smallest absolute Gasteiger partial charge is 0.159 e. The predicted octanol–water partition coefficient (Wildman–Crippen LogP) is 2.78. The van der Waals surface area contributed by atoms with Crippen LogP contribution < -0.4 is 0 Å². The summed E-state index contributed by atoms with van der Waals surface area (Å²) in [7, 11) is 0. The molecule has 80 valence electrons. The summed E-state index contributed by atoms with van der Waals surface area (Å²) >= 11 is 3.53. The summed E-state index contributed by atoms with van der Waals surface area (Å²) in [6.45, 7) is 2.03. The SMILES string of the molecule is Cc1ccccc1C(=N)c1ccccc1[SH2+]. The van der Waals surface area contributed by atoms with Crippen molar-refractivity contribution in [3.8, 4) is 0 Å². The molecule has 1 N–H and O–H groups in total. The minimum atomic E-state index is 0.559. The first-order valence-corrected chi connectivity index (χ1v) is 5.65. The van der Waals surface area contributed by atoms with Crippen molar-refractivity contribution >= 4 is 18.3 Å². The van der Waals surface area contributed by atoms with Crippen molar-refractivity contribution in [1.29, 1.82) is 5.41 Å². The molecular formula is C14H14NS+. The van der Waals surface area contributed by atoms with Gasteiger partial charge in [0.25, 0.3) is 0 Å². The standard InChI is InChI=1S/C14H13NS/c1-10-6-2-3-7-11(10)14(15)12-8-4-5-9-13(12)16/h2-9,15-16H,1H3/p+1. The minimum Gasteiger partial charge on any atom is -0.299 e. The largest absolute Gasteiger partial charge is 0.299 e. The summed E-state index contributed by atoms with van der Waals surface area (Å²) in [6, 6.07) is 15.8. The molecule has 0 saturated heterocycles. The zero-order valence-electron chi connectivity index (χ0n) is 9.12. The van der Waals surface area contributed by atoms with E-state index < -0.39 is 0 Å². The van der Waals surface area contributed by atoms with E-state index in [1.807, 2.05) is 55.5 Å². The maximum Gasteiger partial charge on any atom is 0.159 e. The Balaban J connectivity index is 2.48. The Morgan fingerprint density at radius 2 is 1.50 bits per heavy atom. The van der Waals surface area contributed by atoms with E-state index in [1.165, 1.54) is 0 Å². The first kappa shape index (κ1) is 11.0. The molecule has 2 aromatic rings. The van der Waals surface area contributed by atoms with Gasteiger partial charge in [-0.3, -0.25) is 5.41 Å². The third-order valence-electron chi connectivity index (χ3n) is 2.61. The van der Waals surface area contributed by atoms with Crippen LogP contribution in [-0.4, -0.2) is 5.71 Å². The molecule has 0 aliphatic carbocycles. The summed E-state index contributed by atoms with van der Waals surface area (Å²) in [4.78, 5) is 0.954. The molecule has 16 heavy (non-hydrogen) atoms. The van der Waals surface area contributed by atoms with Gasteiger partial charge in [-0.25, -0.2) is 0 Å². The lowest BCUT2D eigenvalue weighted by molar-refractivity contribution is 1.34. The van der Waals surface area contributed by atoms with Crippen LogP contribution in [0.1, 0.15) is 16.7 Å². The van der Waals surface area contributed by atoms with E-state index in [2.05, 4.69) is 12.6 Å². The number of hydrogen-bond donors (Lipinski definition) is 1. The molecule has 0 radical (unpaired) electrons. The van der Waals surface area contributed by atoms with Gasteiger partial charge in [0.1, 0.15) is 0 Å². The van der Waals surface area contributed by atoms with Crippen LogP contribution >= 0.6 is 0 Å². The Morgan fingerprint density at radius 1 is 0.938 bits per heavy atom. The summed E-state index contributed by atoms with van der Waals surface area (Å²) in [5.41, 5.74) is 3.59. The molecule has 0 atom stereocenters. The van der Waals surface area contributed by atoms with Crippen LogP contribution in [0.25, 0.3) is 0 Å². The highest BCUT2D eigenvalue weighted by Gasteiger charge is 2.11. The fourth-order valence-corrected chi connectivity index (χ4v) is 2.00. The predicted molar refractivity (Wildman–Crippen MR) is 72.0 cm³/mol. The third-order valence-corrected chi connectivity index (χ3v) is 3.05. The first-order chi connectivity index (χ1) is 7.70. The Labute approximate surface area is 101 Å². The highest BCUT2D eigenvalue weighted by atomic mass is 32.1. The molecule has 0 aromatic heterocycles. The van der Waals surface area contributed by atoms with Gasteiger partial charge in [0, 0.05) is 5.56 Å². The molecule has 0 amide bonds. The van der Waals surface area contributed by atoms with Crippen LogP contribution in [0.5, 0.6) is 0 Å². The topological polar surface area (TPSA) is 23.9 Å². The van der Waals surface area contributed by atoms with Gasteiger partial charge < -0.3 is 0 Å².